The van der Waals surface area contributed by atoms with Crippen LogP contribution in [0.5, 0.6) is 0 Å². The molecule has 2 amide bonds. The van der Waals surface area contributed by atoms with Gasteiger partial charge in [0, 0.05) is 18.1 Å². The van der Waals surface area contributed by atoms with Crippen molar-refractivity contribution in [3.05, 3.63) is 28.2 Å². The van der Waals surface area contributed by atoms with Gasteiger partial charge in [-0.25, -0.2) is 4.79 Å². The van der Waals surface area contributed by atoms with E-state index in [0.29, 0.717) is 35.1 Å². The van der Waals surface area contributed by atoms with E-state index in [4.69, 9.17) is 32.7 Å². The number of carbonyl (C=O) groups is 3. The summed E-state index contributed by atoms with van der Waals surface area (Å²) in [4.78, 5) is 38.6. The van der Waals surface area contributed by atoms with E-state index < -0.39 is 35.6 Å². The molecule has 2 atom stereocenters. The van der Waals surface area contributed by atoms with Crippen LogP contribution in [0.3, 0.4) is 0 Å². The highest BCUT2D eigenvalue weighted by atomic mass is 35.5. The van der Waals surface area contributed by atoms with Gasteiger partial charge >= 0.3 is 12.1 Å². The van der Waals surface area contributed by atoms with Crippen molar-refractivity contribution in [2.45, 2.75) is 52.2 Å². The Balaban J connectivity index is 1.92. The first-order valence-corrected chi connectivity index (χ1v) is 10.2. The number of ether oxygens (including phenoxy) is 2. The van der Waals surface area contributed by atoms with Gasteiger partial charge in [-0.1, -0.05) is 23.2 Å². The van der Waals surface area contributed by atoms with E-state index in [1.165, 1.54) is 17.9 Å². The molecule has 160 valence electrons. The standard InChI is InChI=1S/C20H26Cl2N2O5/c1-12(17(25)23-16-10-14(21)7-8-15(16)22)28-18(26)13-6-5-9-24(11-13)19(27)29-20(2,3)4/h7-8,10,12-13H,5-6,9,11H2,1-4H3,(H,23,25). The Kier molecular flexibility index (Phi) is 7.77. The van der Waals surface area contributed by atoms with Crippen molar-refractivity contribution in [3.63, 3.8) is 0 Å². The van der Waals surface area contributed by atoms with E-state index >= 15 is 0 Å². The fourth-order valence-electron chi connectivity index (χ4n) is 2.81. The third kappa shape index (κ3) is 7.08. The molecule has 0 bridgehead atoms. The quantitative estimate of drug-likeness (QED) is 0.690. The smallest absolute Gasteiger partial charge is 0.410 e. The molecule has 9 heteroatoms. The molecule has 0 saturated carbocycles. The zero-order valence-electron chi connectivity index (χ0n) is 17.0. The van der Waals surface area contributed by atoms with Crippen LogP contribution in [0.2, 0.25) is 10.0 Å². The van der Waals surface area contributed by atoms with Crippen LogP contribution in [0, 0.1) is 5.92 Å². The first kappa shape index (κ1) is 23.3. The summed E-state index contributed by atoms with van der Waals surface area (Å²) in [6.45, 7) is 7.54. The lowest BCUT2D eigenvalue weighted by Crippen LogP contribution is -2.45. The zero-order chi connectivity index (χ0) is 21.8. The van der Waals surface area contributed by atoms with Crippen molar-refractivity contribution < 1.29 is 23.9 Å². The van der Waals surface area contributed by atoms with Crippen LogP contribution in [0.25, 0.3) is 0 Å². The molecule has 0 radical (unpaired) electrons. The Labute approximate surface area is 180 Å². The van der Waals surface area contributed by atoms with Gasteiger partial charge in [0.25, 0.3) is 5.91 Å². The molecule has 1 aromatic carbocycles. The predicted molar refractivity (Wildman–Crippen MR) is 111 cm³/mol. The number of rotatable bonds is 4. The molecule has 1 aliphatic rings. The fraction of sp³-hybridized carbons (Fsp3) is 0.550. The van der Waals surface area contributed by atoms with Crippen LogP contribution in [-0.4, -0.2) is 47.7 Å². The summed E-state index contributed by atoms with van der Waals surface area (Å²) in [6, 6.07) is 4.67. The second kappa shape index (κ2) is 9.67. The van der Waals surface area contributed by atoms with Crippen LogP contribution in [0.4, 0.5) is 10.5 Å². The number of amides is 2. The van der Waals surface area contributed by atoms with E-state index in [1.54, 1.807) is 32.9 Å². The van der Waals surface area contributed by atoms with Crippen molar-refractivity contribution in [1.82, 2.24) is 4.90 Å². The summed E-state index contributed by atoms with van der Waals surface area (Å²) in [5.41, 5.74) is -0.278. The normalized spacial score (nSPS) is 18.0. The van der Waals surface area contributed by atoms with Gasteiger partial charge in [-0.15, -0.1) is 0 Å². The number of benzene rings is 1. The van der Waals surface area contributed by atoms with E-state index in [1.807, 2.05) is 0 Å². The van der Waals surface area contributed by atoms with Gasteiger partial charge in [-0.3, -0.25) is 9.59 Å². The number of likely N-dealkylation sites (tertiary alicyclic amines) is 1. The van der Waals surface area contributed by atoms with Crippen molar-refractivity contribution >= 4 is 46.9 Å². The Hall–Kier alpha value is -1.99. The molecule has 1 saturated heterocycles. The predicted octanol–water partition coefficient (Wildman–Crippen LogP) is 4.51. The maximum Gasteiger partial charge on any atom is 0.410 e. The number of nitrogens with one attached hydrogen (secondary N) is 1. The second-order valence-corrected chi connectivity index (χ2v) is 8.80. The van der Waals surface area contributed by atoms with Crippen LogP contribution in [0.1, 0.15) is 40.5 Å². The van der Waals surface area contributed by atoms with Gasteiger partial charge in [-0.05, 0) is 58.7 Å². The van der Waals surface area contributed by atoms with Crippen molar-refractivity contribution in [1.29, 1.82) is 0 Å². The molecule has 2 unspecified atom stereocenters. The topological polar surface area (TPSA) is 84.9 Å². The van der Waals surface area contributed by atoms with Crippen molar-refractivity contribution in [2.24, 2.45) is 5.92 Å². The number of hydrogen-bond donors (Lipinski definition) is 1. The summed E-state index contributed by atoms with van der Waals surface area (Å²) in [5, 5.41) is 3.33. The minimum Gasteiger partial charge on any atom is -0.452 e. The molecule has 0 aromatic heterocycles. The number of esters is 1. The summed E-state index contributed by atoms with van der Waals surface area (Å²) in [5.74, 6) is -1.57. The lowest BCUT2D eigenvalue weighted by molar-refractivity contribution is -0.158. The SMILES string of the molecule is CC(OC(=O)C1CCCN(C(=O)OC(C)(C)C)C1)C(=O)Nc1cc(Cl)ccc1Cl. The third-order valence-electron chi connectivity index (χ3n) is 4.25. The Morgan fingerprint density at radius 3 is 2.59 bits per heavy atom. The third-order valence-corrected chi connectivity index (χ3v) is 4.82. The van der Waals surface area contributed by atoms with Crippen LogP contribution >= 0.6 is 23.2 Å². The molecule has 0 aliphatic carbocycles. The molecule has 1 heterocycles. The van der Waals surface area contributed by atoms with Gasteiger partial charge in [0.2, 0.25) is 0 Å². The monoisotopic (exact) mass is 444 g/mol. The molecule has 0 spiro atoms. The molecule has 7 nitrogen and oxygen atoms in total. The van der Waals surface area contributed by atoms with Gasteiger partial charge in [0.05, 0.1) is 16.6 Å². The maximum atomic E-state index is 12.5. The molecule has 2 rings (SSSR count). The Morgan fingerprint density at radius 2 is 1.93 bits per heavy atom. The first-order valence-electron chi connectivity index (χ1n) is 9.40. The number of nitrogens with zero attached hydrogens (tertiary/aromatic N) is 1. The highest BCUT2D eigenvalue weighted by Crippen LogP contribution is 2.26. The van der Waals surface area contributed by atoms with E-state index in [-0.39, 0.29) is 6.54 Å². The average molecular weight is 445 g/mol. The average Bonchev–Trinajstić information content (AvgIpc) is 2.63. The zero-order valence-corrected chi connectivity index (χ0v) is 18.5. The molecule has 1 aromatic rings. The largest absolute Gasteiger partial charge is 0.452 e. The minimum absolute atomic E-state index is 0.197. The number of carbonyl (C=O) groups excluding carboxylic acids is 3. The molecular weight excluding hydrogens is 419 g/mol. The molecule has 29 heavy (non-hydrogen) atoms. The van der Waals surface area contributed by atoms with Gasteiger partial charge in [0.1, 0.15) is 5.60 Å². The summed E-state index contributed by atoms with van der Waals surface area (Å²) in [7, 11) is 0. The minimum atomic E-state index is -1.03. The second-order valence-electron chi connectivity index (χ2n) is 7.96. The summed E-state index contributed by atoms with van der Waals surface area (Å²) < 4.78 is 10.7. The first-order chi connectivity index (χ1) is 13.5. The van der Waals surface area contributed by atoms with E-state index in [0.717, 1.165) is 0 Å². The number of hydrogen-bond acceptors (Lipinski definition) is 5. The molecule has 1 aliphatic heterocycles. The summed E-state index contributed by atoms with van der Waals surface area (Å²) in [6.07, 6.45) is -0.268. The maximum absolute atomic E-state index is 12.5. The molecule has 1 N–H and O–H groups in total. The molecular formula is C20H26Cl2N2O5. The lowest BCUT2D eigenvalue weighted by atomic mass is 9.98. The summed E-state index contributed by atoms with van der Waals surface area (Å²) >= 11 is 11.9. The van der Waals surface area contributed by atoms with E-state index in [9.17, 15) is 14.4 Å². The highest BCUT2D eigenvalue weighted by molar-refractivity contribution is 6.35. The lowest BCUT2D eigenvalue weighted by Gasteiger charge is -2.33. The fourth-order valence-corrected chi connectivity index (χ4v) is 3.15. The van der Waals surface area contributed by atoms with Crippen molar-refractivity contribution in [2.75, 3.05) is 18.4 Å². The Bertz CT molecular complexity index is 779. The Morgan fingerprint density at radius 1 is 1.24 bits per heavy atom. The van der Waals surface area contributed by atoms with Gasteiger partial charge in [0.15, 0.2) is 6.10 Å². The van der Waals surface area contributed by atoms with Crippen molar-refractivity contribution in [3.8, 4) is 0 Å². The molecule has 1 fully saturated rings. The number of anilines is 1. The number of halogens is 2. The number of piperidine rings is 1. The highest BCUT2D eigenvalue weighted by Gasteiger charge is 2.33. The van der Waals surface area contributed by atoms with Gasteiger partial charge in [-0.2, -0.15) is 0 Å². The van der Waals surface area contributed by atoms with Crippen LogP contribution in [-0.2, 0) is 19.1 Å². The van der Waals surface area contributed by atoms with Crippen LogP contribution < -0.4 is 5.32 Å². The van der Waals surface area contributed by atoms with Gasteiger partial charge < -0.3 is 19.7 Å². The van der Waals surface area contributed by atoms with Crippen LogP contribution in [0.15, 0.2) is 18.2 Å². The van der Waals surface area contributed by atoms with E-state index in [2.05, 4.69) is 5.32 Å².